The van der Waals surface area contributed by atoms with Gasteiger partial charge in [0, 0.05) is 79.0 Å². The quantitative estimate of drug-likeness (QED) is 0.00578. The summed E-state index contributed by atoms with van der Waals surface area (Å²) in [6, 6.07) is 74.6. The molecule has 0 spiro atoms. The second-order valence-electron chi connectivity index (χ2n) is 29.7. The molecule has 3 N–H and O–H groups in total. The molecule has 0 bridgehead atoms. The number of carbonyl (C=O) groups is 7. The van der Waals surface area contributed by atoms with Crippen molar-refractivity contribution >= 4 is 58.7 Å². The smallest absolute Gasteiger partial charge is 0.342 e. The van der Waals surface area contributed by atoms with Gasteiger partial charge in [0.05, 0.1) is 22.6 Å². The van der Waals surface area contributed by atoms with Crippen LogP contribution in [-0.4, -0.2) is 155 Å². The molecule has 1 aliphatic rings. The molecule has 606 valence electrons. The molecule has 1 saturated heterocycles. The summed E-state index contributed by atoms with van der Waals surface area (Å²) < 4.78 is 19.8. The number of ketones is 3. The number of nitrogens with two attached hydrogens (primary N) is 1. The number of nitrogens with zero attached hydrogens (tertiary/aromatic N) is 5. The molecule has 0 atom stereocenters. The number of Topliss-reactive ketones (excluding diaryl/α,β-unsaturated/α-hetero) is 3. The average molecular weight is 1560 g/mol. The van der Waals surface area contributed by atoms with E-state index < -0.39 is 50.3 Å². The Morgan fingerprint density at radius 1 is 0.535 bits per heavy atom. The summed E-state index contributed by atoms with van der Waals surface area (Å²) in [7, 11) is 7.40. The molecule has 1 fully saturated rings. The van der Waals surface area contributed by atoms with Gasteiger partial charge in [-0.25, -0.2) is 9.59 Å². The van der Waals surface area contributed by atoms with Crippen LogP contribution >= 0.6 is 0 Å². The summed E-state index contributed by atoms with van der Waals surface area (Å²) in [5, 5.41) is 31.3. The highest BCUT2D eigenvalue weighted by Gasteiger charge is 2.30. The largest absolute Gasteiger partial charge is 0.466 e. The predicted molar refractivity (Wildman–Crippen MR) is 447 cm³/mol. The average Bonchev–Trinajstić information content (AvgIpc) is 0.854. The predicted octanol–water partition coefficient (Wildman–Crippen LogP) is 16.7. The maximum atomic E-state index is 13.0. The molecule has 22 heteroatoms. The molecule has 8 aromatic rings. The molecule has 22 nitrogen and oxygen atoms in total. The highest BCUT2D eigenvalue weighted by Crippen LogP contribution is 2.32. The van der Waals surface area contributed by atoms with Crippen LogP contribution in [0.4, 0.5) is 11.4 Å². The number of carbonyl (C=O) groups excluding carboxylic acids is 7. The zero-order chi connectivity index (χ0) is 84.6. The lowest BCUT2D eigenvalue weighted by Crippen LogP contribution is -2.41. The van der Waals surface area contributed by atoms with Crippen molar-refractivity contribution in [3.63, 3.8) is 0 Å². The van der Waals surface area contributed by atoms with Gasteiger partial charge in [-0.3, -0.25) is 44.2 Å². The number of esters is 4. The second-order valence-corrected chi connectivity index (χ2v) is 29.7. The molecule has 9 rings (SSSR count). The molecule has 0 radical (unpaired) electrons. The van der Waals surface area contributed by atoms with Crippen molar-refractivity contribution in [1.29, 1.82) is 0 Å². The summed E-state index contributed by atoms with van der Waals surface area (Å²) >= 11 is 0. The fourth-order valence-corrected chi connectivity index (χ4v) is 12.4. The van der Waals surface area contributed by atoms with Gasteiger partial charge in [0.15, 0.2) is 11.6 Å². The number of cyclic esters (lactones) is 1. The summed E-state index contributed by atoms with van der Waals surface area (Å²) in [6.45, 7) is 24.4. The van der Waals surface area contributed by atoms with Crippen LogP contribution in [0.1, 0.15) is 168 Å². The number of aliphatic hydroxyl groups is 1. The van der Waals surface area contributed by atoms with Gasteiger partial charge in [0.25, 0.3) is 11.4 Å². The summed E-state index contributed by atoms with van der Waals surface area (Å²) in [5.74, 6) is -1.09. The van der Waals surface area contributed by atoms with E-state index in [1.54, 1.807) is 32.9 Å². The van der Waals surface area contributed by atoms with E-state index in [1.807, 2.05) is 90.3 Å². The van der Waals surface area contributed by atoms with Gasteiger partial charge in [0.2, 0.25) is 0 Å². The van der Waals surface area contributed by atoms with Gasteiger partial charge < -0.3 is 44.5 Å². The van der Waals surface area contributed by atoms with Gasteiger partial charge in [0.1, 0.15) is 41.2 Å². The summed E-state index contributed by atoms with van der Waals surface area (Å²) in [6.07, 6.45) is 5.68. The van der Waals surface area contributed by atoms with Gasteiger partial charge >= 0.3 is 23.9 Å². The zero-order valence-corrected chi connectivity index (χ0v) is 68.2. The lowest BCUT2D eigenvalue weighted by Gasteiger charge is -2.31. The van der Waals surface area contributed by atoms with Crippen LogP contribution in [0.3, 0.4) is 0 Å². The molecule has 0 saturated carbocycles. The first-order valence-electron chi connectivity index (χ1n) is 37.5. The van der Waals surface area contributed by atoms with Gasteiger partial charge in [-0.15, -0.1) is 0 Å². The second kappa shape index (κ2) is 48.3. The van der Waals surface area contributed by atoms with Crippen molar-refractivity contribution in [1.82, 2.24) is 14.7 Å². The zero-order valence-electron chi connectivity index (χ0n) is 68.2. The lowest BCUT2D eigenvalue weighted by molar-refractivity contribution is -0.385. The fourth-order valence-electron chi connectivity index (χ4n) is 12.4. The summed E-state index contributed by atoms with van der Waals surface area (Å²) in [4.78, 5) is 106. The van der Waals surface area contributed by atoms with Crippen molar-refractivity contribution in [2.45, 2.75) is 136 Å². The monoisotopic (exact) mass is 1560 g/mol. The number of hydrogen-bond donors (Lipinski definition) is 2. The fraction of sp³-hybridized carbons (Fsp3) is 0.337. The number of hydrogen-bond acceptors (Lipinski definition) is 20. The number of nitro benzene ring substituents is 2. The lowest BCUT2D eigenvalue weighted by atomic mass is 9.88. The molecule has 0 aromatic heterocycles. The molecule has 114 heavy (non-hydrogen) atoms. The maximum Gasteiger partial charge on any atom is 0.342 e. The molecule has 0 amide bonds. The minimum atomic E-state index is -0.877. The van der Waals surface area contributed by atoms with Gasteiger partial charge in [-0.2, -0.15) is 0 Å². The highest BCUT2D eigenvalue weighted by molar-refractivity contribution is 6.20. The number of likely N-dealkylation sites (N-methyl/N-ethyl adjacent to an activating group) is 3. The van der Waals surface area contributed by atoms with Crippen molar-refractivity contribution in [3.8, 4) is 0 Å². The first kappa shape index (κ1) is 94.7. The van der Waals surface area contributed by atoms with Crippen molar-refractivity contribution in [2.75, 3.05) is 67.5 Å². The van der Waals surface area contributed by atoms with Crippen molar-refractivity contribution in [2.24, 2.45) is 5.73 Å². The van der Waals surface area contributed by atoms with Gasteiger partial charge in [-0.1, -0.05) is 213 Å². The van der Waals surface area contributed by atoms with E-state index in [-0.39, 0.29) is 46.8 Å². The van der Waals surface area contributed by atoms with Crippen molar-refractivity contribution in [3.05, 3.63) is 325 Å². The Hall–Kier alpha value is -11.7. The third-order valence-electron chi connectivity index (χ3n) is 17.3. The highest BCUT2D eigenvalue weighted by atomic mass is 16.6. The van der Waals surface area contributed by atoms with E-state index in [4.69, 9.17) is 15.2 Å². The van der Waals surface area contributed by atoms with E-state index >= 15 is 0 Å². The van der Waals surface area contributed by atoms with Crippen LogP contribution in [0.5, 0.6) is 0 Å². The summed E-state index contributed by atoms with van der Waals surface area (Å²) in [5.41, 5.74) is 11.6. The Bertz CT molecular complexity index is 4260. The van der Waals surface area contributed by atoms with E-state index in [9.17, 15) is 58.9 Å². The van der Waals surface area contributed by atoms with Crippen molar-refractivity contribution < 1.29 is 67.5 Å². The first-order chi connectivity index (χ1) is 53.8. The number of non-ortho nitro benzene ring substituents is 2. The van der Waals surface area contributed by atoms with Gasteiger partial charge in [-0.05, 0) is 174 Å². The minimum Gasteiger partial charge on any atom is -0.466 e. The normalized spacial score (nSPS) is 12.0. The molecular weight excluding hydrogens is 1450 g/mol. The van der Waals surface area contributed by atoms with E-state index in [1.165, 1.54) is 110 Å². The number of nitro groups is 2. The van der Waals surface area contributed by atoms with E-state index in [2.05, 4.69) is 171 Å². The molecule has 0 aliphatic carbocycles. The van der Waals surface area contributed by atoms with Crippen LogP contribution in [0, 0.1) is 20.2 Å². The third kappa shape index (κ3) is 37.6. The van der Waals surface area contributed by atoms with Crippen LogP contribution in [0.25, 0.3) is 6.08 Å². The van der Waals surface area contributed by atoms with Crippen LogP contribution in [0.2, 0.25) is 0 Å². The topological polar surface area (TPSA) is 299 Å². The Morgan fingerprint density at radius 2 is 0.877 bits per heavy atom. The SMILES string of the molecule is C=C1CC(=O)O1.CC(=O)/C(=C/c1cccc([N+](=O)[O-])c1)C(=O)OC(C)(C)CN(C)CCC(c1ccccc1)c1ccccc1.CC(=O)CC(=O)OC(C)(C)CN(C)CCC(c1ccccc1)c1ccccc1.CC(=O)c1cccc([N+](=O)[O-])c1.CN(CCC(c1ccccc1)c1ccccc1)CC(C)(C)O.COC(=O)/C=C(\C)N. The molecular formula is C92H112N6O16. The third-order valence-corrected chi connectivity index (χ3v) is 17.3. The number of methoxy groups -OCH3 is 1. The van der Waals surface area contributed by atoms with Crippen LogP contribution < -0.4 is 5.73 Å². The Kier molecular flexibility index (Phi) is 40.1. The number of benzene rings is 8. The number of rotatable bonds is 32. The Balaban J connectivity index is 0.000000317. The Morgan fingerprint density at radius 3 is 1.16 bits per heavy atom. The van der Waals surface area contributed by atoms with Crippen LogP contribution in [-0.2, 0) is 47.7 Å². The molecule has 8 aromatic carbocycles. The van der Waals surface area contributed by atoms with E-state index in [0.717, 1.165) is 38.9 Å². The molecule has 0 unspecified atom stereocenters. The standard InChI is InChI=1S/C31H34N2O5.C24H31NO3.C20H27NO.C8H7NO3.C5H9NO2.C4H4O2/c1-23(34)29(21-24-12-11-17-27(20-24)33(36)37)30(35)38-31(2,3)22-32(4)19-18-28(25-13-7-5-8-14-25)26-15-9-6-10-16-26;1-19(26)17-23(27)28-24(2,3)18-25(4)16-15-22(20-11-7-5-8-12-20)21-13-9-6-10-14-21;1-20(2,22)16-21(3)15-14-19(17-10-6-4-7-11-17)18-12-8-5-9-13-18;1-6(10)7-3-2-4-8(5-7)9(11)12;1-4(6)3-5(7)8-2;1-3-2-4(5)6-3/h5-17,20-21,28H,18-19,22H2,1-4H3;5-14,22H,15-18H2,1-4H3;4-13,19,22H,14-16H2,1-3H3;2-5H,1H3;3H,6H2,1-2H3;1-2H2/b29-21-;;;;4-3+;. The van der Waals surface area contributed by atoms with E-state index in [0.29, 0.717) is 60.5 Å². The first-order valence-corrected chi connectivity index (χ1v) is 37.5. The maximum absolute atomic E-state index is 13.0. The number of allylic oxidation sites excluding steroid dienone is 1. The Labute approximate surface area is 671 Å². The number of ether oxygens (including phenoxy) is 4. The minimum absolute atomic E-state index is 0.0531. The molecule has 1 heterocycles. The van der Waals surface area contributed by atoms with Crippen LogP contribution in [0.15, 0.2) is 260 Å². The molecule has 1 aliphatic heterocycles.